The Bertz CT molecular complexity index is 508. The Kier molecular flexibility index (Phi) is 5.54. The van der Waals surface area contributed by atoms with Gasteiger partial charge in [0.15, 0.2) is 0 Å². The Labute approximate surface area is 114 Å². The minimum Gasteiger partial charge on any atom is -0.462 e. The van der Waals surface area contributed by atoms with Gasteiger partial charge in [-0.1, -0.05) is 0 Å². The number of aryl methyl sites for hydroxylation is 1. The summed E-state index contributed by atoms with van der Waals surface area (Å²) in [4.78, 5) is 2.14. The van der Waals surface area contributed by atoms with Gasteiger partial charge in [0.1, 0.15) is 23.0 Å². The van der Waals surface area contributed by atoms with Crippen molar-refractivity contribution in [2.45, 2.75) is 24.8 Å². The third kappa shape index (κ3) is 4.04. The lowest BCUT2D eigenvalue weighted by atomic mass is 10.4. The second-order valence-electron chi connectivity index (χ2n) is 4.77. The molecule has 0 aliphatic carbocycles. The fourth-order valence-corrected chi connectivity index (χ4v) is 3.15. The van der Waals surface area contributed by atoms with Gasteiger partial charge in [0, 0.05) is 19.7 Å². The number of aliphatic hydroxyl groups is 1. The maximum absolute atomic E-state index is 12.3. The zero-order valence-electron chi connectivity index (χ0n) is 11.9. The topological polar surface area (TPSA) is 74.0 Å². The summed E-state index contributed by atoms with van der Waals surface area (Å²) in [5.41, 5.74) is 0. The normalized spacial score (nSPS) is 12.6. The SMILES string of the molecule is Cc1oc(CO)cc1S(=O)(=O)N(C)CCCN(C)C. The molecule has 0 unspecified atom stereocenters. The maximum atomic E-state index is 12.3. The van der Waals surface area contributed by atoms with E-state index in [-0.39, 0.29) is 17.3 Å². The summed E-state index contributed by atoms with van der Waals surface area (Å²) in [6, 6.07) is 1.38. The van der Waals surface area contributed by atoms with Crippen LogP contribution in [0.4, 0.5) is 0 Å². The first-order chi connectivity index (χ1) is 8.78. The van der Waals surface area contributed by atoms with Crippen LogP contribution in [0.3, 0.4) is 0 Å². The predicted molar refractivity (Wildman–Crippen MR) is 72.4 cm³/mol. The van der Waals surface area contributed by atoms with Gasteiger partial charge in [-0.2, -0.15) is 0 Å². The lowest BCUT2D eigenvalue weighted by Crippen LogP contribution is -2.30. The zero-order chi connectivity index (χ0) is 14.6. The molecule has 0 bridgehead atoms. The molecule has 0 radical (unpaired) electrons. The van der Waals surface area contributed by atoms with Gasteiger partial charge in [-0.05, 0) is 34.0 Å². The molecular formula is C12H22N2O4S. The van der Waals surface area contributed by atoms with E-state index in [4.69, 9.17) is 9.52 Å². The van der Waals surface area contributed by atoms with Gasteiger partial charge in [-0.15, -0.1) is 0 Å². The van der Waals surface area contributed by atoms with Crippen molar-refractivity contribution < 1.29 is 17.9 Å². The van der Waals surface area contributed by atoms with Crippen LogP contribution in [0.5, 0.6) is 0 Å². The van der Waals surface area contributed by atoms with Crippen molar-refractivity contribution in [2.75, 3.05) is 34.2 Å². The fraction of sp³-hybridized carbons (Fsp3) is 0.667. The van der Waals surface area contributed by atoms with Crippen molar-refractivity contribution in [3.05, 3.63) is 17.6 Å². The van der Waals surface area contributed by atoms with Crippen molar-refractivity contribution in [2.24, 2.45) is 0 Å². The molecule has 6 nitrogen and oxygen atoms in total. The summed E-state index contributed by atoms with van der Waals surface area (Å²) in [6.45, 7) is 2.55. The number of aliphatic hydroxyl groups excluding tert-OH is 1. The van der Waals surface area contributed by atoms with E-state index in [1.807, 2.05) is 19.0 Å². The first-order valence-electron chi connectivity index (χ1n) is 6.10. The lowest BCUT2D eigenvalue weighted by molar-refractivity contribution is 0.244. The Morgan fingerprint density at radius 1 is 1.26 bits per heavy atom. The molecule has 0 saturated heterocycles. The van der Waals surface area contributed by atoms with Crippen LogP contribution >= 0.6 is 0 Å². The summed E-state index contributed by atoms with van der Waals surface area (Å²) in [6.07, 6.45) is 0.756. The molecule has 0 aliphatic heterocycles. The molecular weight excluding hydrogens is 268 g/mol. The third-order valence-corrected chi connectivity index (χ3v) is 4.81. The summed E-state index contributed by atoms with van der Waals surface area (Å²) in [7, 11) is 1.90. The largest absolute Gasteiger partial charge is 0.462 e. The van der Waals surface area contributed by atoms with Crippen molar-refractivity contribution in [3.8, 4) is 0 Å². The highest BCUT2D eigenvalue weighted by Crippen LogP contribution is 2.23. The van der Waals surface area contributed by atoms with Crippen molar-refractivity contribution in [1.82, 2.24) is 9.21 Å². The monoisotopic (exact) mass is 290 g/mol. The minimum atomic E-state index is -3.55. The molecule has 7 heteroatoms. The molecule has 0 aliphatic rings. The second kappa shape index (κ2) is 6.51. The number of rotatable bonds is 7. The Morgan fingerprint density at radius 2 is 1.89 bits per heavy atom. The van der Waals surface area contributed by atoms with Gasteiger partial charge in [0.05, 0.1) is 0 Å². The van der Waals surface area contributed by atoms with E-state index in [9.17, 15) is 8.42 Å². The van der Waals surface area contributed by atoms with Gasteiger partial charge in [-0.3, -0.25) is 0 Å². The molecule has 0 spiro atoms. The molecule has 0 atom stereocenters. The molecule has 0 aromatic carbocycles. The van der Waals surface area contributed by atoms with E-state index in [1.165, 1.54) is 10.4 Å². The first-order valence-corrected chi connectivity index (χ1v) is 7.54. The minimum absolute atomic E-state index is 0.129. The average Bonchev–Trinajstić information content (AvgIpc) is 2.70. The average molecular weight is 290 g/mol. The maximum Gasteiger partial charge on any atom is 0.246 e. The highest BCUT2D eigenvalue weighted by Gasteiger charge is 2.25. The van der Waals surface area contributed by atoms with Crippen molar-refractivity contribution >= 4 is 10.0 Å². The van der Waals surface area contributed by atoms with E-state index >= 15 is 0 Å². The summed E-state index contributed by atoms with van der Waals surface area (Å²) >= 11 is 0. The molecule has 1 aromatic heterocycles. The molecule has 1 heterocycles. The van der Waals surface area contributed by atoms with Crippen molar-refractivity contribution in [3.63, 3.8) is 0 Å². The van der Waals surface area contributed by atoms with Crippen LogP contribution in [0.25, 0.3) is 0 Å². The number of nitrogens with zero attached hydrogens (tertiary/aromatic N) is 2. The van der Waals surface area contributed by atoms with E-state index in [0.29, 0.717) is 12.3 Å². The van der Waals surface area contributed by atoms with Gasteiger partial charge in [0.25, 0.3) is 0 Å². The quantitative estimate of drug-likeness (QED) is 0.798. The van der Waals surface area contributed by atoms with Gasteiger partial charge < -0.3 is 14.4 Å². The van der Waals surface area contributed by atoms with Crippen LogP contribution < -0.4 is 0 Å². The van der Waals surface area contributed by atoms with Crippen LogP contribution in [-0.4, -0.2) is 57.0 Å². The highest BCUT2D eigenvalue weighted by atomic mass is 32.2. The highest BCUT2D eigenvalue weighted by molar-refractivity contribution is 7.89. The molecule has 1 aromatic rings. The number of hydrogen-bond acceptors (Lipinski definition) is 5. The molecule has 1 rings (SSSR count). The number of sulfonamides is 1. The van der Waals surface area contributed by atoms with E-state index in [1.54, 1.807) is 14.0 Å². The van der Waals surface area contributed by atoms with E-state index in [2.05, 4.69) is 0 Å². The summed E-state index contributed by atoms with van der Waals surface area (Å²) in [5.74, 6) is 0.571. The molecule has 0 fully saturated rings. The predicted octanol–water partition coefficient (Wildman–Crippen LogP) is 0.653. The second-order valence-corrected chi connectivity index (χ2v) is 6.79. The Balaban J connectivity index is 2.81. The first kappa shape index (κ1) is 16.2. The number of hydrogen-bond donors (Lipinski definition) is 1. The third-order valence-electron chi connectivity index (χ3n) is 2.85. The van der Waals surface area contributed by atoms with E-state index in [0.717, 1.165) is 13.0 Å². The van der Waals surface area contributed by atoms with Crippen LogP contribution in [0.2, 0.25) is 0 Å². The fourth-order valence-electron chi connectivity index (χ4n) is 1.76. The van der Waals surface area contributed by atoms with Crippen LogP contribution in [-0.2, 0) is 16.6 Å². The van der Waals surface area contributed by atoms with Crippen LogP contribution in [0.15, 0.2) is 15.4 Å². The lowest BCUT2D eigenvalue weighted by Gasteiger charge is -2.17. The van der Waals surface area contributed by atoms with Gasteiger partial charge in [-0.25, -0.2) is 12.7 Å². The summed E-state index contributed by atoms with van der Waals surface area (Å²) < 4.78 is 31.2. The molecule has 19 heavy (non-hydrogen) atoms. The Hall–Kier alpha value is -0.890. The Morgan fingerprint density at radius 3 is 2.37 bits per heavy atom. The standard InChI is InChI=1S/C12H22N2O4S/c1-10-12(8-11(9-15)18-10)19(16,17)14(4)7-5-6-13(2)3/h8,15H,5-7,9H2,1-4H3. The van der Waals surface area contributed by atoms with Crippen molar-refractivity contribution in [1.29, 1.82) is 0 Å². The van der Waals surface area contributed by atoms with E-state index < -0.39 is 10.0 Å². The zero-order valence-corrected chi connectivity index (χ0v) is 12.7. The number of furan rings is 1. The molecule has 110 valence electrons. The molecule has 1 N–H and O–H groups in total. The molecule has 0 saturated carbocycles. The summed E-state index contributed by atoms with van der Waals surface area (Å²) in [5, 5.41) is 8.97. The molecule has 0 amide bonds. The van der Waals surface area contributed by atoms with Gasteiger partial charge in [0.2, 0.25) is 10.0 Å². The smallest absolute Gasteiger partial charge is 0.246 e. The van der Waals surface area contributed by atoms with Crippen LogP contribution in [0.1, 0.15) is 17.9 Å². The van der Waals surface area contributed by atoms with Crippen LogP contribution in [0, 0.1) is 6.92 Å². The van der Waals surface area contributed by atoms with Gasteiger partial charge >= 0.3 is 0 Å².